The summed E-state index contributed by atoms with van der Waals surface area (Å²) in [4.78, 5) is 23.9. The van der Waals surface area contributed by atoms with Crippen molar-refractivity contribution >= 4 is 22.2 Å². The minimum absolute atomic E-state index is 0.130. The molecule has 30 heavy (non-hydrogen) atoms. The number of hydrogen-bond donors (Lipinski definition) is 1. The molecule has 2 aromatic rings. The Labute approximate surface area is 176 Å². The van der Waals surface area contributed by atoms with E-state index in [0.29, 0.717) is 0 Å². The van der Waals surface area contributed by atoms with Crippen molar-refractivity contribution in [3.63, 3.8) is 0 Å². The Bertz CT molecular complexity index is 969. The highest BCUT2D eigenvalue weighted by atomic mass is 32.2. The second kappa shape index (κ2) is 9.27. The van der Waals surface area contributed by atoms with E-state index in [-0.39, 0.29) is 10.5 Å². The van der Waals surface area contributed by atoms with Gasteiger partial charge in [0.05, 0.1) is 11.4 Å². The summed E-state index contributed by atoms with van der Waals surface area (Å²) >= 11 is 0. The molecule has 1 atom stereocenters. The minimum Gasteiger partial charge on any atom is -0.444 e. The fraction of sp³-hybridized carbons (Fsp3) is 0.333. The Morgan fingerprint density at radius 3 is 1.93 bits per heavy atom. The number of ether oxygens (including phenoxy) is 2. The monoisotopic (exact) mass is 435 g/mol. The van der Waals surface area contributed by atoms with Crippen molar-refractivity contribution in [2.45, 2.75) is 44.0 Å². The topological polar surface area (TPSA) is 108 Å². The van der Waals surface area contributed by atoms with E-state index >= 15 is 0 Å². The zero-order valence-corrected chi connectivity index (χ0v) is 18.1. The van der Waals surface area contributed by atoms with Crippen LogP contribution in [0, 0.1) is 0 Å². The Morgan fingerprint density at radius 1 is 0.900 bits per heavy atom. The Kier molecular flexibility index (Phi) is 7.22. The maximum Gasteiger partial charge on any atom is 0.407 e. The van der Waals surface area contributed by atoms with Gasteiger partial charge in [0.1, 0.15) is 5.60 Å². The molecule has 0 aromatic heterocycles. The van der Waals surface area contributed by atoms with Crippen LogP contribution in [0.4, 0.5) is 4.79 Å². The number of carbonyl (C=O) groups is 2. The van der Waals surface area contributed by atoms with Gasteiger partial charge in [-0.2, -0.15) is 8.42 Å². The first-order valence-corrected chi connectivity index (χ1v) is 10.6. The third kappa shape index (κ3) is 6.57. The Balaban J connectivity index is 2.46. The second-order valence-corrected chi connectivity index (χ2v) is 8.96. The highest BCUT2D eigenvalue weighted by molar-refractivity contribution is 7.86. The van der Waals surface area contributed by atoms with Gasteiger partial charge in [-0.05, 0) is 32.9 Å². The van der Waals surface area contributed by atoms with Crippen LogP contribution >= 0.6 is 0 Å². The molecule has 1 N–H and O–H groups in total. The molecule has 8 nitrogen and oxygen atoms in total. The van der Waals surface area contributed by atoms with Gasteiger partial charge in [0.2, 0.25) is 0 Å². The summed E-state index contributed by atoms with van der Waals surface area (Å²) in [5.41, 5.74) is -0.562. The van der Waals surface area contributed by atoms with E-state index in [4.69, 9.17) is 13.7 Å². The van der Waals surface area contributed by atoms with Crippen molar-refractivity contribution in [3.05, 3.63) is 66.2 Å². The molecule has 0 aliphatic carbocycles. The largest absolute Gasteiger partial charge is 0.444 e. The van der Waals surface area contributed by atoms with E-state index in [2.05, 4.69) is 5.32 Å². The molecule has 0 fully saturated rings. The first-order valence-electron chi connectivity index (χ1n) is 9.16. The molecule has 0 heterocycles. The molecule has 1 unspecified atom stereocenters. The quantitative estimate of drug-likeness (QED) is 0.404. The number of nitrogens with one attached hydrogen (secondary N) is 1. The first-order chi connectivity index (χ1) is 13.9. The molecule has 2 aromatic carbocycles. The van der Waals surface area contributed by atoms with Crippen LogP contribution in [0.2, 0.25) is 0 Å². The lowest BCUT2D eigenvalue weighted by atomic mass is 10.1. The van der Waals surface area contributed by atoms with Gasteiger partial charge in [-0.3, -0.25) is 4.79 Å². The van der Waals surface area contributed by atoms with Crippen LogP contribution in [0.25, 0.3) is 0 Å². The van der Waals surface area contributed by atoms with E-state index < -0.39 is 40.1 Å². The predicted molar refractivity (Wildman–Crippen MR) is 109 cm³/mol. The smallest absolute Gasteiger partial charge is 0.407 e. The second-order valence-electron chi connectivity index (χ2n) is 7.42. The maximum absolute atomic E-state index is 12.9. The molecule has 162 valence electrons. The van der Waals surface area contributed by atoms with Crippen LogP contribution in [0.3, 0.4) is 0 Å². The SMILES string of the molecule is CC(=O)OC(CNC(=O)OC(C)(C)C)(OS(=O)(=O)c1ccccc1)c1ccccc1. The van der Waals surface area contributed by atoms with Gasteiger partial charge >= 0.3 is 22.2 Å². The molecule has 0 radical (unpaired) electrons. The molecule has 0 saturated carbocycles. The fourth-order valence-electron chi connectivity index (χ4n) is 2.53. The lowest BCUT2D eigenvalue weighted by Crippen LogP contribution is -2.48. The highest BCUT2D eigenvalue weighted by Crippen LogP contribution is 2.32. The molecule has 0 aliphatic rings. The highest BCUT2D eigenvalue weighted by Gasteiger charge is 2.43. The zero-order chi connectivity index (χ0) is 22.4. The lowest BCUT2D eigenvalue weighted by molar-refractivity contribution is -0.197. The number of alkyl carbamates (subject to hydrolysis) is 1. The first kappa shape index (κ1) is 23.4. The summed E-state index contributed by atoms with van der Waals surface area (Å²) < 4.78 is 41.8. The number of rotatable bonds is 7. The van der Waals surface area contributed by atoms with Crippen LogP contribution in [-0.4, -0.2) is 32.6 Å². The number of hydrogen-bond acceptors (Lipinski definition) is 7. The summed E-state index contributed by atoms with van der Waals surface area (Å²) in [6, 6.07) is 15.4. The average molecular weight is 435 g/mol. The average Bonchev–Trinajstić information content (AvgIpc) is 2.65. The van der Waals surface area contributed by atoms with Gasteiger partial charge in [0.15, 0.2) is 0 Å². The third-order valence-electron chi connectivity index (χ3n) is 3.66. The summed E-state index contributed by atoms with van der Waals surface area (Å²) in [7, 11) is -4.36. The number of amides is 1. The predicted octanol–water partition coefficient (Wildman–Crippen LogP) is 3.33. The van der Waals surface area contributed by atoms with E-state index in [1.165, 1.54) is 36.4 Å². The number of benzene rings is 2. The van der Waals surface area contributed by atoms with E-state index in [0.717, 1.165) is 6.92 Å². The van der Waals surface area contributed by atoms with Gasteiger partial charge < -0.3 is 14.8 Å². The fourth-order valence-corrected chi connectivity index (χ4v) is 3.66. The van der Waals surface area contributed by atoms with E-state index in [1.54, 1.807) is 45.0 Å². The Hall–Kier alpha value is -2.91. The van der Waals surface area contributed by atoms with Gasteiger partial charge in [-0.15, -0.1) is 0 Å². The number of carbonyl (C=O) groups excluding carboxylic acids is 2. The molecule has 0 aliphatic heterocycles. The van der Waals surface area contributed by atoms with Gasteiger partial charge in [0.25, 0.3) is 5.79 Å². The molecular weight excluding hydrogens is 410 g/mol. The molecule has 1 amide bonds. The molecule has 0 spiro atoms. The van der Waals surface area contributed by atoms with Crippen LogP contribution in [0.5, 0.6) is 0 Å². The third-order valence-corrected chi connectivity index (χ3v) is 5.00. The van der Waals surface area contributed by atoms with Crippen LogP contribution in [0.1, 0.15) is 33.3 Å². The summed E-state index contributed by atoms with van der Waals surface area (Å²) in [5.74, 6) is -2.94. The molecule has 2 rings (SSSR count). The minimum atomic E-state index is -4.36. The van der Waals surface area contributed by atoms with Gasteiger partial charge in [-0.1, -0.05) is 48.5 Å². The molecule has 9 heteroatoms. The standard InChI is InChI=1S/C21H25NO7S/c1-16(23)27-21(17-11-7-5-8-12-17,15-22-19(24)28-20(2,3)4)29-30(25,26)18-13-9-6-10-14-18/h5-14H,15H2,1-4H3,(H,22,24). The van der Waals surface area contributed by atoms with E-state index in [9.17, 15) is 18.0 Å². The van der Waals surface area contributed by atoms with Crippen molar-refractivity contribution < 1.29 is 31.7 Å². The number of esters is 1. The zero-order valence-electron chi connectivity index (χ0n) is 17.2. The maximum atomic E-state index is 12.9. The van der Waals surface area contributed by atoms with Crippen molar-refractivity contribution in [2.75, 3.05) is 6.54 Å². The Morgan fingerprint density at radius 2 is 1.43 bits per heavy atom. The molecular formula is C21H25NO7S. The van der Waals surface area contributed by atoms with Crippen LogP contribution in [0.15, 0.2) is 65.6 Å². The van der Waals surface area contributed by atoms with Crippen molar-refractivity contribution in [1.82, 2.24) is 5.32 Å². The normalized spacial score (nSPS) is 13.7. The summed E-state index contributed by atoms with van der Waals surface area (Å²) in [5, 5.41) is 2.43. The molecule has 0 bridgehead atoms. The van der Waals surface area contributed by atoms with Gasteiger partial charge in [0, 0.05) is 12.5 Å². The summed E-state index contributed by atoms with van der Waals surface area (Å²) in [6.07, 6.45) is -0.823. The van der Waals surface area contributed by atoms with Crippen molar-refractivity contribution in [1.29, 1.82) is 0 Å². The summed E-state index contributed by atoms with van der Waals surface area (Å²) in [6.45, 7) is 5.65. The van der Waals surface area contributed by atoms with Crippen LogP contribution in [-0.2, 0) is 34.4 Å². The van der Waals surface area contributed by atoms with Crippen molar-refractivity contribution in [2.24, 2.45) is 0 Å². The lowest BCUT2D eigenvalue weighted by Gasteiger charge is -2.33. The van der Waals surface area contributed by atoms with E-state index in [1.807, 2.05) is 0 Å². The van der Waals surface area contributed by atoms with Gasteiger partial charge in [-0.25, -0.2) is 8.98 Å². The molecule has 0 saturated heterocycles. The van der Waals surface area contributed by atoms with Crippen molar-refractivity contribution in [3.8, 4) is 0 Å². The van der Waals surface area contributed by atoms with Crippen LogP contribution < -0.4 is 5.32 Å².